The lowest BCUT2D eigenvalue weighted by Crippen LogP contribution is -2.53. The number of piperazine rings is 1. The first kappa shape index (κ1) is 19.3. The summed E-state index contributed by atoms with van der Waals surface area (Å²) < 4.78 is 27.5. The van der Waals surface area contributed by atoms with Gasteiger partial charge in [-0.1, -0.05) is 0 Å². The fourth-order valence-corrected chi connectivity index (χ4v) is 6.50. The molecule has 2 fully saturated rings. The van der Waals surface area contributed by atoms with Gasteiger partial charge in [-0.25, -0.2) is 8.42 Å². The number of carbonyl (C=O) groups is 2. The molecule has 1 aromatic heterocycles. The predicted octanol–water partition coefficient (Wildman–Crippen LogP) is 1.15. The number of sulfonamides is 1. The van der Waals surface area contributed by atoms with E-state index in [-0.39, 0.29) is 24.3 Å². The third kappa shape index (κ3) is 3.94. The van der Waals surface area contributed by atoms with Crippen molar-refractivity contribution in [3.05, 3.63) is 17.0 Å². The molecule has 0 N–H and O–H groups in total. The van der Waals surface area contributed by atoms with Gasteiger partial charge in [-0.3, -0.25) is 9.59 Å². The van der Waals surface area contributed by atoms with E-state index >= 15 is 0 Å². The summed E-state index contributed by atoms with van der Waals surface area (Å²) in [5.74, 6) is -0.266. The Bertz CT molecular complexity index is 782. The lowest BCUT2D eigenvalue weighted by atomic mass is 9.98. The maximum atomic E-state index is 12.8. The van der Waals surface area contributed by atoms with Crippen molar-refractivity contribution in [3.63, 3.8) is 0 Å². The maximum absolute atomic E-state index is 12.8. The molecule has 2 aliphatic heterocycles. The molecule has 0 aliphatic carbocycles. The van der Waals surface area contributed by atoms with Crippen molar-refractivity contribution in [2.24, 2.45) is 5.92 Å². The van der Waals surface area contributed by atoms with Gasteiger partial charge >= 0.3 is 0 Å². The SMILES string of the molecule is CC(=O)N1CCN(C(=O)C2CCCN(S(=O)(=O)c3ccc(C)s3)C2)CC1. The Balaban J connectivity index is 1.65. The highest BCUT2D eigenvalue weighted by atomic mass is 32.2. The van der Waals surface area contributed by atoms with Gasteiger partial charge in [0.1, 0.15) is 4.21 Å². The second-order valence-electron chi connectivity index (χ2n) is 6.90. The Hall–Kier alpha value is -1.45. The van der Waals surface area contributed by atoms with E-state index in [2.05, 4.69) is 0 Å². The van der Waals surface area contributed by atoms with E-state index in [0.29, 0.717) is 49.8 Å². The van der Waals surface area contributed by atoms with Gasteiger partial charge in [-0.05, 0) is 31.9 Å². The summed E-state index contributed by atoms with van der Waals surface area (Å²) >= 11 is 1.27. The van der Waals surface area contributed by atoms with Crippen LogP contribution in [0, 0.1) is 12.8 Å². The van der Waals surface area contributed by atoms with Crippen LogP contribution in [-0.2, 0) is 19.6 Å². The molecular formula is C17H25N3O4S2. The topological polar surface area (TPSA) is 78.0 Å². The smallest absolute Gasteiger partial charge is 0.252 e. The quantitative estimate of drug-likeness (QED) is 0.764. The van der Waals surface area contributed by atoms with Crippen LogP contribution >= 0.6 is 11.3 Å². The van der Waals surface area contributed by atoms with Crippen molar-refractivity contribution < 1.29 is 18.0 Å². The maximum Gasteiger partial charge on any atom is 0.252 e. The third-order valence-electron chi connectivity index (χ3n) is 5.08. The van der Waals surface area contributed by atoms with E-state index in [9.17, 15) is 18.0 Å². The Kier molecular flexibility index (Phi) is 5.69. The first-order valence-corrected chi connectivity index (χ1v) is 11.2. The number of carbonyl (C=O) groups excluding carboxylic acids is 2. The minimum absolute atomic E-state index is 0.00969. The Morgan fingerprint density at radius 1 is 1.08 bits per heavy atom. The molecule has 0 saturated carbocycles. The van der Waals surface area contributed by atoms with Crippen molar-refractivity contribution in [2.75, 3.05) is 39.3 Å². The van der Waals surface area contributed by atoms with Crippen LogP contribution in [0.15, 0.2) is 16.3 Å². The second kappa shape index (κ2) is 7.66. The predicted molar refractivity (Wildman–Crippen MR) is 99.4 cm³/mol. The Morgan fingerprint density at radius 2 is 1.73 bits per heavy atom. The zero-order valence-corrected chi connectivity index (χ0v) is 16.8. The van der Waals surface area contributed by atoms with Crippen molar-refractivity contribution >= 4 is 33.2 Å². The van der Waals surface area contributed by atoms with Crippen molar-refractivity contribution in [1.29, 1.82) is 0 Å². The highest BCUT2D eigenvalue weighted by molar-refractivity contribution is 7.91. The molecule has 2 saturated heterocycles. The molecular weight excluding hydrogens is 374 g/mol. The van der Waals surface area contributed by atoms with Gasteiger partial charge in [0.15, 0.2) is 0 Å². The molecule has 2 amide bonds. The van der Waals surface area contributed by atoms with Crippen LogP contribution in [0.4, 0.5) is 0 Å². The molecule has 3 heterocycles. The summed E-state index contributed by atoms with van der Waals surface area (Å²) in [4.78, 5) is 28.7. The molecule has 0 spiro atoms. The highest BCUT2D eigenvalue weighted by Crippen LogP contribution is 2.29. The fraction of sp³-hybridized carbons (Fsp3) is 0.647. The third-order valence-corrected chi connectivity index (χ3v) is 8.41. The van der Waals surface area contributed by atoms with E-state index in [0.717, 1.165) is 4.88 Å². The van der Waals surface area contributed by atoms with Crippen molar-refractivity contribution in [3.8, 4) is 0 Å². The zero-order chi connectivity index (χ0) is 18.9. The number of hydrogen-bond acceptors (Lipinski definition) is 5. The normalized spacial score (nSPS) is 22.5. The molecule has 9 heteroatoms. The van der Waals surface area contributed by atoms with Crippen LogP contribution in [0.1, 0.15) is 24.6 Å². The van der Waals surface area contributed by atoms with Gasteiger partial charge in [-0.15, -0.1) is 11.3 Å². The minimum Gasteiger partial charge on any atom is -0.339 e. The van der Waals surface area contributed by atoms with Crippen molar-refractivity contribution in [2.45, 2.75) is 30.9 Å². The summed E-state index contributed by atoms with van der Waals surface area (Å²) in [7, 11) is -3.53. The Labute approximate surface area is 158 Å². The summed E-state index contributed by atoms with van der Waals surface area (Å²) in [5, 5.41) is 0. The monoisotopic (exact) mass is 399 g/mol. The van der Waals surface area contributed by atoms with Crippen LogP contribution in [0.3, 0.4) is 0 Å². The standard InChI is InChI=1S/C17H25N3O4S2/c1-13-5-6-16(25-13)26(23,24)20-7-3-4-15(12-20)17(22)19-10-8-18(9-11-19)14(2)21/h5-6,15H,3-4,7-12H2,1-2H3. The Morgan fingerprint density at radius 3 is 2.31 bits per heavy atom. The molecule has 3 rings (SSSR count). The van der Waals surface area contributed by atoms with E-state index in [1.54, 1.807) is 21.9 Å². The number of nitrogens with zero attached hydrogens (tertiary/aromatic N) is 3. The van der Waals surface area contributed by atoms with Crippen LogP contribution in [0.25, 0.3) is 0 Å². The summed E-state index contributed by atoms with van der Waals surface area (Å²) in [5.41, 5.74) is 0. The van der Waals surface area contributed by atoms with Gasteiger partial charge in [-0.2, -0.15) is 4.31 Å². The van der Waals surface area contributed by atoms with Crippen LogP contribution in [0.5, 0.6) is 0 Å². The lowest BCUT2D eigenvalue weighted by molar-refractivity contribution is -0.142. The molecule has 2 aliphatic rings. The number of rotatable bonds is 3. The van der Waals surface area contributed by atoms with E-state index in [1.165, 1.54) is 22.6 Å². The van der Waals surface area contributed by atoms with Crippen LogP contribution in [-0.4, -0.2) is 73.6 Å². The fourth-order valence-electron chi connectivity index (χ4n) is 3.54. The van der Waals surface area contributed by atoms with Crippen molar-refractivity contribution in [1.82, 2.24) is 14.1 Å². The summed E-state index contributed by atoms with van der Waals surface area (Å²) in [6.45, 7) is 6.25. The molecule has 144 valence electrons. The van der Waals surface area contributed by atoms with E-state index in [1.807, 2.05) is 6.92 Å². The van der Waals surface area contributed by atoms with E-state index < -0.39 is 10.0 Å². The average Bonchev–Trinajstić information content (AvgIpc) is 3.08. The number of amides is 2. The minimum atomic E-state index is -3.53. The largest absolute Gasteiger partial charge is 0.339 e. The first-order valence-electron chi connectivity index (χ1n) is 8.90. The lowest BCUT2D eigenvalue weighted by Gasteiger charge is -2.38. The highest BCUT2D eigenvalue weighted by Gasteiger charge is 2.36. The zero-order valence-electron chi connectivity index (χ0n) is 15.2. The number of thiophene rings is 1. The van der Waals surface area contributed by atoms with Crippen LogP contribution in [0.2, 0.25) is 0 Å². The van der Waals surface area contributed by atoms with Crippen LogP contribution < -0.4 is 0 Å². The second-order valence-corrected chi connectivity index (χ2v) is 10.4. The van der Waals surface area contributed by atoms with Gasteiger partial charge in [0.05, 0.1) is 5.92 Å². The van der Waals surface area contributed by atoms with Gasteiger partial charge in [0, 0.05) is 51.1 Å². The molecule has 26 heavy (non-hydrogen) atoms. The first-order chi connectivity index (χ1) is 12.3. The van der Waals surface area contributed by atoms with Gasteiger partial charge in [0.2, 0.25) is 11.8 Å². The molecule has 0 bridgehead atoms. The number of hydrogen-bond donors (Lipinski definition) is 0. The molecule has 1 atom stereocenters. The molecule has 0 aromatic carbocycles. The number of aryl methyl sites for hydroxylation is 1. The molecule has 0 radical (unpaired) electrons. The average molecular weight is 400 g/mol. The summed E-state index contributed by atoms with van der Waals surface area (Å²) in [6, 6.07) is 3.44. The van der Waals surface area contributed by atoms with E-state index in [4.69, 9.17) is 0 Å². The van der Waals surface area contributed by atoms with Gasteiger partial charge in [0.25, 0.3) is 10.0 Å². The number of piperidine rings is 1. The van der Waals surface area contributed by atoms with Gasteiger partial charge < -0.3 is 9.80 Å². The molecule has 1 unspecified atom stereocenters. The molecule has 7 nitrogen and oxygen atoms in total. The summed E-state index contributed by atoms with van der Waals surface area (Å²) in [6.07, 6.45) is 1.40. The molecule has 1 aromatic rings.